The molecule has 2 saturated heterocycles. The van der Waals surface area contributed by atoms with Crippen molar-refractivity contribution in [3.8, 4) is 0 Å². The molecule has 0 aromatic carbocycles. The fourth-order valence-electron chi connectivity index (χ4n) is 3.64. The molecule has 1 aromatic rings. The number of rotatable bonds is 2. The molecule has 2 aliphatic heterocycles. The Morgan fingerprint density at radius 1 is 1.26 bits per heavy atom. The molecule has 3 rings (SSSR count). The summed E-state index contributed by atoms with van der Waals surface area (Å²) in [6, 6.07) is 0.450. The Hall–Kier alpha value is -1.59. The second-order valence-electron chi connectivity index (χ2n) is 8.09. The zero-order valence-electron chi connectivity index (χ0n) is 14.7. The Labute approximate surface area is 137 Å². The van der Waals surface area contributed by atoms with E-state index in [2.05, 4.69) is 24.0 Å². The third-order valence-corrected chi connectivity index (χ3v) is 4.66. The summed E-state index contributed by atoms with van der Waals surface area (Å²) < 4.78 is 11.0. The molecule has 23 heavy (non-hydrogen) atoms. The lowest BCUT2D eigenvalue weighted by Crippen LogP contribution is -2.48. The fraction of sp³-hybridized carbons (Fsp3) is 0.824. The first-order valence-corrected chi connectivity index (χ1v) is 8.59. The van der Waals surface area contributed by atoms with Gasteiger partial charge >= 0.3 is 6.09 Å². The van der Waals surface area contributed by atoms with Crippen molar-refractivity contribution >= 4 is 6.09 Å². The van der Waals surface area contributed by atoms with Crippen molar-refractivity contribution in [1.82, 2.24) is 15.0 Å². The number of carbonyl (C=O) groups is 1. The normalized spacial score (nSPS) is 27.6. The number of aromatic nitrogens is 2. The maximum atomic E-state index is 12.5. The summed E-state index contributed by atoms with van der Waals surface area (Å²) in [5.41, 5.74) is -0.452. The van der Waals surface area contributed by atoms with Crippen LogP contribution in [-0.4, -0.2) is 38.8 Å². The van der Waals surface area contributed by atoms with Crippen LogP contribution in [0, 0.1) is 0 Å². The van der Waals surface area contributed by atoms with E-state index in [0.717, 1.165) is 37.4 Å². The number of ether oxygens (including phenoxy) is 1. The third kappa shape index (κ3) is 3.35. The van der Waals surface area contributed by atoms with Gasteiger partial charge in [0.2, 0.25) is 5.89 Å². The first kappa shape index (κ1) is 16.3. The van der Waals surface area contributed by atoms with E-state index in [9.17, 15) is 4.79 Å². The summed E-state index contributed by atoms with van der Waals surface area (Å²) >= 11 is 0. The van der Waals surface area contributed by atoms with Gasteiger partial charge in [-0.05, 0) is 46.5 Å². The van der Waals surface area contributed by atoms with Crippen LogP contribution in [0.25, 0.3) is 0 Å². The zero-order valence-corrected chi connectivity index (χ0v) is 14.7. The summed E-state index contributed by atoms with van der Waals surface area (Å²) in [6.45, 7) is 9.84. The Morgan fingerprint density at radius 3 is 2.35 bits per heavy atom. The van der Waals surface area contributed by atoms with Crippen molar-refractivity contribution in [2.24, 2.45) is 0 Å². The van der Waals surface area contributed by atoms with Gasteiger partial charge < -0.3 is 14.2 Å². The highest BCUT2D eigenvalue weighted by molar-refractivity contribution is 5.69. The second-order valence-corrected chi connectivity index (χ2v) is 8.09. The molecule has 0 saturated carbocycles. The van der Waals surface area contributed by atoms with Crippen LogP contribution in [0.2, 0.25) is 0 Å². The first-order valence-electron chi connectivity index (χ1n) is 8.59. The standard InChI is InChI=1S/C17H27N3O3/c1-10(2)14-18-15(23-19-14)11-8-12-6-7-13(9-11)20(12)16(21)22-17(3,4)5/h10-13H,6-9H2,1-5H3. The molecule has 1 amide bonds. The fourth-order valence-corrected chi connectivity index (χ4v) is 3.64. The number of hydrogen-bond acceptors (Lipinski definition) is 5. The van der Waals surface area contributed by atoms with Crippen LogP contribution in [0.5, 0.6) is 0 Å². The summed E-state index contributed by atoms with van der Waals surface area (Å²) in [4.78, 5) is 19.0. The van der Waals surface area contributed by atoms with Gasteiger partial charge in [0, 0.05) is 23.9 Å². The summed E-state index contributed by atoms with van der Waals surface area (Å²) in [5, 5.41) is 4.07. The minimum atomic E-state index is -0.452. The average Bonchev–Trinajstić information content (AvgIpc) is 3.00. The van der Waals surface area contributed by atoms with E-state index in [1.807, 2.05) is 25.7 Å². The number of amides is 1. The predicted octanol–water partition coefficient (Wildman–Crippen LogP) is 3.84. The van der Waals surface area contributed by atoms with Gasteiger partial charge in [0.15, 0.2) is 5.82 Å². The van der Waals surface area contributed by atoms with Crippen molar-refractivity contribution in [2.75, 3.05) is 0 Å². The number of hydrogen-bond donors (Lipinski definition) is 0. The van der Waals surface area contributed by atoms with Crippen LogP contribution in [0.4, 0.5) is 4.79 Å². The number of carbonyl (C=O) groups excluding carboxylic acids is 1. The van der Waals surface area contributed by atoms with Gasteiger partial charge in [-0.3, -0.25) is 0 Å². The monoisotopic (exact) mass is 321 g/mol. The van der Waals surface area contributed by atoms with E-state index in [0.29, 0.717) is 0 Å². The molecule has 1 aromatic heterocycles. The molecule has 0 spiro atoms. The van der Waals surface area contributed by atoms with E-state index < -0.39 is 5.60 Å². The van der Waals surface area contributed by atoms with E-state index in [-0.39, 0.29) is 30.0 Å². The van der Waals surface area contributed by atoms with E-state index in [4.69, 9.17) is 9.26 Å². The minimum Gasteiger partial charge on any atom is -0.444 e. The molecule has 6 nitrogen and oxygen atoms in total. The van der Waals surface area contributed by atoms with Crippen LogP contribution >= 0.6 is 0 Å². The molecular formula is C17H27N3O3. The lowest BCUT2D eigenvalue weighted by molar-refractivity contribution is 0.00469. The van der Waals surface area contributed by atoms with Crippen molar-refractivity contribution < 1.29 is 14.1 Å². The van der Waals surface area contributed by atoms with Crippen molar-refractivity contribution in [3.63, 3.8) is 0 Å². The number of nitrogens with zero attached hydrogens (tertiary/aromatic N) is 3. The van der Waals surface area contributed by atoms with Gasteiger partial charge in [-0.1, -0.05) is 19.0 Å². The maximum absolute atomic E-state index is 12.5. The van der Waals surface area contributed by atoms with Crippen molar-refractivity contribution in [1.29, 1.82) is 0 Å². The van der Waals surface area contributed by atoms with Crippen LogP contribution in [-0.2, 0) is 4.74 Å². The van der Waals surface area contributed by atoms with Crippen LogP contribution in [0.1, 0.15) is 83.9 Å². The van der Waals surface area contributed by atoms with Gasteiger partial charge in [0.1, 0.15) is 5.60 Å². The third-order valence-electron chi connectivity index (χ3n) is 4.66. The van der Waals surface area contributed by atoms with E-state index in [1.165, 1.54) is 0 Å². The van der Waals surface area contributed by atoms with Crippen molar-refractivity contribution in [2.45, 2.75) is 89.8 Å². The molecule has 0 radical (unpaired) electrons. The van der Waals surface area contributed by atoms with Crippen LogP contribution in [0.15, 0.2) is 4.52 Å². The molecule has 0 N–H and O–H groups in total. The molecule has 2 bridgehead atoms. The van der Waals surface area contributed by atoms with Gasteiger partial charge in [-0.25, -0.2) is 4.79 Å². The quantitative estimate of drug-likeness (QED) is 0.828. The molecule has 2 fully saturated rings. The highest BCUT2D eigenvalue weighted by Crippen LogP contribution is 2.43. The van der Waals surface area contributed by atoms with Gasteiger partial charge in [0.25, 0.3) is 0 Å². The maximum Gasteiger partial charge on any atom is 0.410 e. The minimum absolute atomic E-state index is 0.183. The first-order chi connectivity index (χ1) is 10.7. The van der Waals surface area contributed by atoms with Gasteiger partial charge in [0.05, 0.1) is 0 Å². The van der Waals surface area contributed by atoms with E-state index in [1.54, 1.807) is 0 Å². The lowest BCUT2D eigenvalue weighted by atomic mass is 9.91. The average molecular weight is 321 g/mol. The molecule has 0 aliphatic carbocycles. The molecule has 6 heteroatoms. The Bertz CT molecular complexity index is 562. The second kappa shape index (κ2) is 5.80. The Kier molecular flexibility index (Phi) is 4.10. The SMILES string of the molecule is CC(C)c1noc(C2CC3CCC(C2)N3C(=O)OC(C)(C)C)n1. The van der Waals surface area contributed by atoms with Gasteiger partial charge in [-0.15, -0.1) is 0 Å². The highest BCUT2D eigenvalue weighted by Gasteiger charge is 2.46. The summed E-state index contributed by atoms with van der Waals surface area (Å²) in [6.07, 6.45) is 3.65. The Morgan fingerprint density at radius 2 is 1.87 bits per heavy atom. The summed E-state index contributed by atoms with van der Waals surface area (Å²) in [7, 11) is 0. The Balaban J connectivity index is 1.70. The molecule has 2 atom stereocenters. The van der Waals surface area contributed by atoms with Gasteiger partial charge in [-0.2, -0.15) is 4.98 Å². The largest absolute Gasteiger partial charge is 0.444 e. The number of piperidine rings is 1. The van der Waals surface area contributed by atoms with Crippen LogP contribution < -0.4 is 0 Å². The smallest absolute Gasteiger partial charge is 0.410 e. The molecule has 128 valence electrons. The molecular weight excluding hydrogens is 294 g/mol. The zero-order chi connectivity index (χ0) is 16.8. The molecule has 2 aliphatic rings. The summed E-state index contributed by atoms with van der Waals surface area (Å²) in [5.74, 6) is 2.02. The number of fused-ring (bicyclic) bond motifs is 2. The van der Waals surface area contributed by atoms with E-state index >= 15 is 0 Å². The van der Waals surface area contributed by atoms with Crippen molar-refractivity contribution in [3.05, 3.63) is 11.7 Å². The molecule has 2 unspecified atom stereocenters. The highest BCUT2D eigenvalue weighted by atomic mass is 16.6. The molecule has 3 heterocycles. The lowest BCUT2D eigenvalue weighted by Gasteiger charge is -2.38. The van der Waals surface area contributed by atoms with Crippen LogP contribution in [0.3, 0.4) is 0 Å². The topological polar surface area (TPSA) is 68.5 Å². The predicted molar refractivity (Wildman–Crippen MR) is 85.2 cm³/mol.